The normalized spacial score (nSPS) is 20.9. The van der Waals surface area contributed by atoms with Crippen molar-refractivity contribution in [2.75, 3.05) is 13.1 Å². The lowest BCUT2D eigenvalue weighted by atomic mass is 9.95. The highest BCUT2D eigenvalue weighted by molar-refractivity contribution is 5.31. The number of hydrogen-bond acceptors (Lipinski definition) is 4. The van der Waals surface area contributed by atoms with E-state index in [4.69, 9.17) is 0 Å². The fourth-order valence-corrected chi connectivity index (χ4v) is 3.29. The molecule has 0 saturated carbocycles. The van der Waals surface area contributed by atoms with Crippen molar-refractivity contribution in [2.45, 2.75) is 24.9 Å². The van der Waals surface area contributed by atoms with Gasteiger partial charge in [0.15, 0.2) is 0 Å². The van der Waals surface area contributed by atoms with Gasteiger partial charge in [-0.1, -0.05) is 42.5 Å². The van der Waals surface area contributed by atoms with Gasteiger partial charge in [0.2, 0.25) is 6.04 Å². The Morgan fingerprint density at radius 3 is 2.31 bits per heavy atom. The fourth-order valence-electron chi connectivity index (χ4n) is 3.29. The van der Waals surface area contributed by atoms with Crippen molar-refractivity contribution in [3.63, 3.8) is 0 Å². The summed E-state index contributed by atoms with van der Waals surface area (Å²) in [6, 6.07) is 14.2. The van der Waals surface area contributed by atoms with Crippen molar-refractivity contribution in [2.24, 2.45) is 0 Å². The first kappa shape index (κ1) is 18.2. The van der Waals surface area contributed by atoms with Crippen molar-refractivity contribution < 1.29 is 22.8 Å². The summed E-state index contributed by atoms with van der Waals surface area (Å²) < 4.78 is 40.6. The van der Waals surface area contributed by atoms with E-state index in [1.165, 1.54) is 24.3 Å². The van der Waals surface area contributed by atoms with E-state index in [9.17, 15) is 23.3 Å². The summed E-state index contributed by atoms with van der Waals surface area (Å²) in [6.45, 7) is 1.37. The van der Waals surface area contributed by atoms with Crippen molar-refractivity contribution in [1.82, 2.24) is 4.90 Å². The average Bonchev–Trinajstić information content (AvgIpc) is 2.99. The van der Waals surface area contributed by atoms with Gasteiger partial charge in [0.1, 0.15) is 5.75 Å². The molecule has 0 amide bonds. The first-order chi connectivity index (χ1) is 12.3. The van der Waals surface area contributed by atoms with Crippen molar-refractivity contribution in [3.05, 3.63) is 75.8 Å². The summed E-state index contributed by atoms with van der Waals surface area (Å²) in [4.78, 5) is 13.1. The van der Waals surface area contributed by atoms with Crippen LogP contribution in [0.4, 0.5) is 13.2 Å². The maximum atomic E-state index is 12.3. The Kier molecular flexibility index (Phi) is 5.13. The molecule has 138 valence electrons. The molecule has 0 radical (unpaired) electrons. The minimum absolute atomic E-state index is 0.299. The molecule has 0 N–H and O–H groups in total. The molecule has 0 unspecified atom stereocenters. The monoisotopic (exact) mass is 366 g/mol. The molecular formula is C18H17F3N2O3. The predicted molar refractivity (Wildman–Crippen MR) is 88.4 cm³/mol. The van der Waals surface area contributed by atoms with E-state index < -0.39 is 12.4 Å². The molecule has 3 rings (SSSR count). The number of nitrogens with zero attached hydrogens (tertiary/aromatic N) is 2. The van der Waals surface area contributed by atoms with Crippen LogP contribution in [0, 0.1) is 10.1 Å². The van der Waals surface area contributed by atoms with E-state index in [1.807, 2.05) is 35.2 Å². The van der Waals surface area contributed by atoms with Crippen LogP contribution < -0.4 is 4.74 Å². The number of likely N-dealkylation sites (tertiary alicyclic amines) is 1. The molecule has 0 aromatic heterocycles. The molecule has 0 aliphatic carbocycles. The van der Waals surface area contributed by atoms with Crippen molar-refractivity contribution in [3.8, 4) is 5.75 Å². The number of alkyl halides is 3. The average molecular weight is 366 g/mol. The molecule has 1 saturated heterocycles. The number of benzene rings is 2. The molecule has 2 atom stereocenters. The first-order valence-corrected chi connectivity index (χ1v) is 8.07. The number of rotatable bonds is 5. The van der Waals surface area contributed by atoms with E-state index in [1.54, 1.807) is 0 Å². The van der Waals surface area contributed by atoms with E-state index in [2.05, 4.69) is 4.74 Å². The second-order valence-electron chi connectivity index (χ2n) is 6.26. The smallest absolute Gasteiger partial charge is 0.406 e. The number of halogens is 3. The van der Waals surface area contributed by atoms with E-state index in [0.29, 0.717) is 25.2 Å². The molecule has 0 bridgehead atoms. The zero-order chi connectivity index (χ0) is 18.7. The zero-order valence-electron chi connectivity index (χ0n) is 13.7. The van der Waals surface area contributed by atoms with Crippen molar-refractivity contribution in [1.29, 1.82) is 0 Å². The maximum Gasteiger partial charge on any atom is 0.573 e. The van der Waals surface area contributed by atoms with Crippen LogP contribution in [0.15, 0.2) is 54.6 Å². The Morgan fingerprint density at radius 1 is 1.08 bits per heavy atom. The SMILES string of the molecule is O=[N+]([O-])[C@H]1CN(Cc2ccccc2)C[C@@H]1c1ccc(OC(F)(F)F)cc1. The van der Waals surface area contributed by atoms with Crippen LogP contribution in [-0.4, -0.2) is 35.3 Å². The Labute approximate surface area is 148 Å². The second-order valence-corrected chi connectivity index (χ2v) is 6.26. The van der Waals surface area contributed by atoms with Crippen LogP contribution in [0.25, 0.3) is 0 Å². The minimum atomic E-state index is -4.76. The lowest BCUT2D eigenvalue weighted by Crippen LogP contribution is -2.28. The van der Waals surface area contributed by atoms with Crippen LogP contribution in [-0.2, 0) is 6.54 Å². The molecule has 1 fully saturated rings. The van der Waals surface area contributed by atoms with E-state index in [0.717, 1.165) is 5.56 Å². The quantitative estimate of drug-likeness (QED) is 0.596. The lowest BCUT2D eigenvalue weighted by molar-refractivity contribution is -0.521. The molecule has 8 heteroatoms. The maximum absolute atomic E-state index is 12.3. The van der Waals surface area contributed by atoms with Gasteiger partial charge in [0.25, 0.3) is 0 Å². The van der Waals surface area contributed by atoms with Crippen LogP contribution in [0.2, 0.25) is 0 Å². The minimum Gasteiger partial charge on any atom is -0.406 e. The van der Waals surface area contributed by atoms with Gasteiger partial charge in [0.05, 0.1) is 12.5 Å². The van der Waals surface area contributed by atoms with E-state index >= 15 is 0 Å². The molecule has 1 aliphatic heterocycles. The largest absolute Gasteiger partial charge is 0.573 e. The van der Waals surface area contributed by atoms with Crippen LogP contribution in [0.5, 0.6) is 5.75 Å². The Morgan fingerprint density at radius 2 is 1.73 bits per heavy atom. The summed E-state index contributed by atoms with van der Waals surface area (Å²) in [6.07, 6.45) is -4.76. The fraction of sp³-hybridized carbons (Fsp3) is 0.333. The summed E-state index contributed by atoms with van der Waals surface area (Å²) in [7, 11) is 0. The summed E-state index contributed by atoms with van der Waals surface area (Å²) >= 11 is 0. The molecule has 1 heterocycles. The van der Waals surface area contributed by atoms with Gasteiger partial charge >= 0.3 is 6.36 Å². The second kappa shape index (κ2) is 7.33. The third kappa shape index (κ3) is 4.51. The molecular weight excluding hydrogens is 349 g/mol. The van der Waals surface area contributed by atoms with Crippen molar-refractivity contribution >= 4 is 0 Å². The Balaban J connectivity index is 1.73. The molecule has 5 nitrogen and oxygen atoms in total. The molecule has 26 heavy (non-hydrogen) atoms. The van der Waals surface area contributed by atoms with Gasteiger partial charge in [-0.3, -0.25) is 15.0 Å². The van der Waals surface area contributed by atoms with Crippen LogP contribution >= 0.6 is 0 Å². The predicted octanol–water partition coefficient (Wildman–Crippen LogP) is 3.83. The third-order valence-corrected chi connectivity index (χ3v) is 4.43. The van der Waals surface area contributed by atoms with Gasteiger partial charge in [-0.25, -0.2) is 0 Å². The van der Waals surface area contributed by atoms with E-state index in [-0.39, 0.29) is 16.6 Å². The lowest BCUT2D eigenvalue weighted by Gasteiger charge is -2.15. The highest BCUT2D eigenvalue weighted by Gasteiger charge is 2.42. The van der Waals surface area contributed by atoms with Gasteiger partial charge in [-0.05, 0) is 23.3 Å². The van der Waals surface area contributed by atoms with Gasteiger partial charge in [-0.15, -0.1) is 13.2 Å². The number of hydrogen-bond donors (Lipinski definition) is 0. The van der Waals surface area contributed by atoms with Gasteiger partial charge < -0.3 is 4.74 Å². The highest BCUT2D eigenvalue weighted by atomic mass is 19.4. The zero-order valence-corrected chi connectivity index (χ0v) is 13.7. The summed E-state index contributed by atoms with van der Waals surface area (Å²) in [5.74, 6) is -0.716. The number of ether oxygens (including phenoxy) is 1. The number of nitro groups is 1. The highest BCUT2D eigenvalue weighted by Crippen LogP contribution is 2.32. The van der Waals surface area contributed by atoms with Gasteiger partial charge in [-0.2, -0.15) is 0 Å². The molecule has 2 aromatic carbocycles. The van der Waals surface area contributed by atoms with Crippen LogP contribution in [0.3, 0.4) is 0 Å². The first-order valence-electron chi connectivity index (χ1n) is 8.07. The van der Waals surface area contributed by atoms with Crippen LogP contribution in [0.1, 0.15) is 17.0 Å². The summed E-state index contributed by atoms with van der Waals surface area (Å²) in [5.41, 5.74) is 1.70. The topological polar surface area (TPSA) is 55.6 Å². The molecule has 0 spiro atoms. The molecule has 1 aliphatic rings. The summed E-state index contributed by atoms with van der Waals surface area (Å²) in [5, 5.41) is 11.4. The molecule has 2 aromatic rings. The third-order valence-electron chi connectivity index (χ3n) is 4.43. The Hall–Kier alpha value is -2.61. The van der Waals surface area contributed by atoms with Gasteiger partial charge in [0, 0.05) is 18.0 Å². The Bertz CT molecular complexity index is 751. The standard InChI is InChI=1S/C18H17F3N2O3/c19-18(20,21)26-15-8-6-14(7-9-15)16-11-22(12-17(16)23(24)25)10-13-4-2-1-3-5-13/h1-9,16-17H,10-12H2/t16-,17+/m1/s1.